The van der Waals surface area contributed by atoms with Gasteiger partial charge in [0.15, 0.2) is 0 Å². The number of amides is 3. The van der Waals surface area contributed by atoms with Gasteiger partial charge in [0.05, 0.1) is 30.2 Å². The third-order valence-electron chi connectivity index (χ3n) is 4.84. The summed E-state index contributed by atoms with van der Waals surface area (Å²) in [6.07, 6.45) is 5.07. The van der Waals surface area contributed by atoms with Gasteiger partial charge in [0.2, 0.25) is 0 Å². The molecule has 3 amide bonds. The van der Waals surface area contributed by atoms with E-state index >= 15 is 0 Å². The molecule has 0 aromatic carbocycles. The molecule has 2 saturated heterocycles. The molecule has 0 bridgehead atoms. The topological polar surface area (TPSA) is 89.9 Å². The first-order chi connectivity index (χ1) is 11.2. The van der Waals surface area contributed by atoms with Crippen LogP contribution in [-0.2, 0) is 0 Å². The number of anilines is 1. The van der Waals surface area contributed by atoms with Gasteiger partial charge < -0.3 is 14.9 Å². The second-order valence-electron chi connectivity index (χ2n) is 7.47. The number of aromatic nitrogens is 2. The van der Waals surface area contributed by atoms with E-state index in [-0.39, 0.29) is 17.1 Å². The van der Waals surface area contributed by atoms with E-state index in [1.807, 2.05) is 25.7 Å². The average molecular weight is 333 g/mol. The highest BCUT2D eigenvalue weighted by atomic mass is 16.4. The number of hydrogen-bond acceptors (Lipinski definition) is 4. The van der Waals surface area contributed by atoms with Gasteiger partial charge in [-0.1, -0.05) is 0 Å². The first-order valence-corrected chi connectivity index (χ1v) is 8.09. The number of likely N-dealkylation sites (tertiary alicyclic amines) is 1. The zero-order valence-electron chi connectivity index (χ0n) is 14.3. The highest BCUT2D eigenvalue weighted by Gasteiger charge is 2.55. The monoisotopic (exact) mass is 333 g/mol. The van der Waals surface area contributed by atoms with Crippen molar-refractivity contribution in [3.05, 3.63) is 18.7 Å². The molecule has 0 radical (unpaired) electrons. The van der Waals surface area contributed by atoms with Gasteiger partial charge in [0.1, 0.15) is 6.33 Å². The minimum Gasteiger partial charge on any atom is -0.465 e. The van der Waals surface area contributed by atoms with E-state index in [1.165, 1.54) is 11.2 Å². The Kier molecular flexibility index (Phi) is 3.85. The molecule has 1 N–H and O–H groups in total. The van der Waals surface area contributed by atoms with Gasteiger partial charge in [-0.2, -0.15) is 0 Å². The SMILES string of the molecule is CC(C)(C)N1C(=O)N(c2cncnc2)CC12CCN(C(=O)O)CC2. The summed E-state index contributed by atoms with van der Waals surface area (Å²) in [5.74, 6) is 0. The van der Waals surface area contributed by atoms with E-state index in [9.17, 15) is 14.7 Å². The van der Waals surface area contributed by atoms with Crippen LogP contribution in [-0.4, -0.2) is 67.7 Å². The van der Waals surface area contributed by atoms with Crippen molar-refractivity contribution in [1.82, 2.24) is 19.8 Å². The normalized spacial score (nSPS) is 20.8. The second-order valence-corrected chi connectivity index (χ2v) is 7.47. The van der Waals surface area contributed by atoms with Gasteiger partial charge in [-0.3, -0.25) is 4.90 Å². The predicted molar refractivity (Wildman–Crippen MR) is 87.9 cm³/mol. The molecule has 3 heterocycles. The average Bonchev–Trinajstić information content (AvgIpc) is 2.81. The molecule has 3 rings (SSSR count). The maximum atomic E-state index is 13.1. The summed E-state index contributed by atoms with van der Waals surface area (Å²) in [4.78, 5) is 37.4. The molecule has 1 aromatic heterocycles. The summed E-state index contributed by atoms with van der Waals surface area (Å²) < 4.78 is 0. The van der Waals surface area contributed by atoms with Crippen molar-refractivity contribution >= 4 is 17.8 Å². The standard InChI is InChI=1S/C16H23N5O3/c1-15(2,3)21-13(22)20(12-8-17-11-18-9-12)10-16(21)4-6-19(7-5-16)14(23)24/h8-9,11H,4-7,10H2,1-3H3,(H,23,24). The van der Waals surface area contributed by atoms with Crippen molar-refractivity contribution in [2.24, 2.45) is 0 Å². The summed E-state index contributed by atoms with van der Waals surface area (Å²) >= 11 is 0. The fourth-order valence-electron chi connectivity index (χ4n) is 3.88. The van der Waals surface area contributed by atoms with E-state index in [1.54, 1.807) is 17.3 Å². The van der Waals surface area contributed by atoms with Crippen LogP contribution in [0.4, 0.5) is 15.3 Å². The highest BCUT2D eigenvalue weighted by molar-refractivity contribution is 5.95. The maximum Gasteiger partial charge on any atom is 0.407 e. The third-order valence-corrected chi connectivity index (χ3v) is 4.84. The van der Waals surface area contributed by atoms with Gasteiger partial charge in [0.25, 0.3) is 0 Å². The summed E-state index contributed by atoms with van der Waals surface area (Å²) in [7, 11) is 0. The highest BCUT2D eigenvalue weighted by Crippen LogP contribution is 2.42. The summed E-state index contributed by atoms with van der Waals surface area (Å²) in [5, 5.41) is 9.20. The third kappa shape index (κ3) is 2.65. The van der Waals surface area contributed by atoms with Crippen LogP contribution < -0.4 is 4.90 Å². The number of carbonyl (C=O) groups is 2. The predicted octanol–water partition coefficient (Wildman–Crippen LogP) is 2.03. The molecule has 130 valence electrons. The first kappa shape index (κ1) is 16.5. The van der Waals surface area contributed by atoms with Crippen molar-refractivity contribution in [3.63, 3.8) is 0 Å². The Morgan fingerprint density at radius 3 is 2.29 bits per heavy atom. The first-order valence-electron chi connectivity index (χ1n) is 8.09. The van der Waals surface area contributed by atoms with Crippen LogP contribution in [0.25, 0.3) is 0 Å². The van der Waals surface area contributed by atoms with E-state index < -0.39 is 6.09 Å². The zero-order valence-corrected chi connectivity index (χ0v) is 14.3. The van der Waals surface area contributed by atoms with Crippen LogP contribution >= 0.6 is 0 Å². The molecule has 8 nitrogen and oxygen atoms in total. The molecule has 0 unspecified atom stereocenters. The molecule has 24 heavy (non-hydrogen) atoms. The summed E-state index contributed by atoms with van der Waals surface area (Å²) in [6.45, 7) is 7.45. The van der Waals surface area contributed by atoms with Crippen LogP contribution in [0.2, 0.25) is 0 Å². The van der Waals surface area contributed by atoms with Gasteiger partial charge >= 0.3 is 12.1 Å². The quantitative estimate of drug-likeness (QED) is 0.849. The lowest BCUT2D eigenvalue weighted by Gasteiger charge is -2.48. The van der Waals surface area contributed by atoms with E-state index in [2.05, 4.69) is 9.97 Å². The Labute approximate surface area is 141 Å². The molecule has 1 spiro atoms. The van der Waals surface area contributed by atoms with Gasteiger partial charge in [0, 0.05) is 18.6 Å². The van der Waals surface area contributed by atoms with Gasteiger partial charge in [-0.25, -0.2) is 19.6 Å². The molecular formula is C16H23N5O3. The lowest BCUT2D eigenvalue weighted by molar-refractivity contribution is 0.0292. The Morgan fingerprint density at radius 2 is 1.79 bits per heavy atom. The summed E-state index contributed by atoms with van der Waals surface area (Å²) in [5.41, 5.74) is -0.0430. The van der Waals surface area contributed by atoms with Crippen molar-refractivity contribution in [2.45, 2.75) is 44.7 Å². The Morgan fingerprint density at radius 1 is 1.21 bits per heavy atom. The molecule has 2 aliphatic heterocycles. The lowest BCUT2D eigenvalue weighted by Crippen LogP contribution is -2.60. The van der Waals surface area contributed by atoms with Gasteiger partial charge in [-0.15, -0.1) is 0 Å². The molecule has 8 heteroatoms. The van der Waals surface area contributed by atoms with Crippen LogP contribution in [0.15, 0.2) is 18.7 Å². The van der Waals surface area contributed by atoms with Crippen LogP contribution in [0, 0.1) is 0 Å². The molecule has 0 atom stereocenters. The molecular weight excluding hydrogens is 310 g/mol. The Bertz CT molecular complexity index is 635. The fraction of sp³-hybridized carbons (Fsp3) is 0.625. The van der Waals surface area contributed by atoms with Crippen molar-refractivity contribution in [1.29, 1.82) is 0 Å². The number of nitrogens with zero attached hydrogens (tertiary/aromatic N) is 5. The fourth-order valence-corrected chi connectivity index (χ4v) is 3.88. The number of hydrogen-bond donors (Lipinski definition) is 1. The van der Waals surface area contributed by atoms with Crippen LogP contribution in [0.1, 0.15) is 33.6 Å². The Balaban J connectivity index is 1.93. The minimum atomic E-state index is -0.898. The number of carboxylic acid groups (broad SMARTS) is 1. The summed E-state index contributed by atoms with van der Waals surface area (Å²) in [6, 6.07) is -0.0684. The smallest absolute Gasteiger partial charge is 0.407 e. The number of urea groups is 1. The molecule has 0 saturated carbocycles. The lowest BCUT2D eigenvalue weighted by atomic mass is 9.84. The molecule has 2 aliphatic rings. The van der Waals surface area contributed by atoms with E-state index in [4.69, 9.17) is 0 Å². The largest absolute Gasteiger partial charge is 0.465 e. The minimum absolute atomic E-state index is 0.0684. The van der Waals surface area contributed by atoms with Crippen molar-refractivity contribution in [2.75, 3.05) is 24.5 Å². The van der Waals surface area contributed by atoms with Crippen LogP contribution in [0.5, 0.6) is 0 Å². The second kappa shape index (κ2) is 5.61. The molecule has 1 aromatic rings. The van der Waals surface area contributed by atoms with E-state index in [0.29, 0.717) is 38.2 Å². The molecule has 2 fully saturated rings. The number of piperidine rings is 1. The Hall–Kier alpha value is -2.38. The van der Waals surface area contributed by atoms with Crippen molar-refractivity contribution < 1.29 is 14.7 Å². The maximum absolute atomic E-state index is 13.1. The molecule has 0 aliphatic carbocycles. The van der Waals surface area contributed by atoms with E-state index in [0.717, 1.165) is 0 Å². The number of carbonyl (C=O) groups excluding carboxylic acids is 1. The van der Waals surface area contributed by atoms with Crippen molar-refractivity contribution in [3.8, 4) is 0 Å². The zero-order chi connectivity index (χ0) is 17.5. The van der Waals surface area contributed by atoms with Gasteiger partial charge in [-0.05, 0) is 33.6 Å². The van der Waals surface area contributed by atoms with Crippen LogP contribution in [0.3, 0.4) is 0 Å². The number of rotatable bonds is 1.